The van der Waals surface area contributed by atoms with Crippen LogP contribution in [0, 0.1) is 13.8 Å². The van der Waals surface area contributed by atoms with Crippen LogP contribution in [0.2, 0.25) is 0 Å². The van der Waals surface area contributed by atoms with E-state index in [1.165, 1.54) is 34.5 Å². The van der Waals surface area contributed by atoms with Crippen molar-refractivity contribution in [2.45, 2.75) is 18.2 Å². The van der Waals surface area contributed by atoms with Crippen LogP contribution in [0.15, 0.2) is 72.8 Å². The van der Waals surface area contributed by atoms with Crippen LogP contribution < -0.4 is 0 Å². The molecule has 3 rings (SSSR count). The Hall–Kier alpha value is -0.770. The average molecular weight is 847 g/mol. The summed E-state index contributed by atoms with van der Waals surface area (Å²) in [7, 11) is -1.37. The molecule has 3 aromatic rings. The predicted octanol–water partition coefficient (Wildman–Crippen LogP) is 7.29. The minimum atomic E-state index is -2.84. The number of aryl methyl sites for hydroxylation is 2. The molecule has 6 nitrogen and oxygen atoms in total. The van der Waals surface area contributed by atoms with Crippen molar-refractivity contribution in [3.05, 3.63) is 109 Å². The molecule has 206 valence electrons. The summed E-state index contributed by atoms with van der Waals surface area (Å²) in [4.78, 5) is 14.9. The van der Waals surface area contributed by atoms with Crippen LogP contribution in [0.4, 0.5) is 0 Å². The van der Waals surface area contributed by atoms with Crippen molar-refractivity contribution in [1.29, 1.82) is 0 Å². The molecule has 0 spiro atoms. The van der Waals surface area contributed by atoms with Gasteiger partial charge in [-0.3, -0.25) is 4.79 Å². The standard InChI is InChI=1S/C10H12O3S.C9H11IO2S.C7H6BrI.CO/c1-12-13-14-6-5-9-3-2-4-10(7-9)8-11;1-13(11,12)6-5-8-3-2-4-9(10)7-8;8-5-6-2-1-3-7(9)4-6;1-2/h2-4,7-8H,5-6H2,1H3;2-4,7H,5-6H2,1H3;1-4H,5H2;. The third-order valence-corrected chi connectivity index (χ3v) is 7.91. The average Bonchev–Trinajstić information content (AvgIpc) is 2.92. The summed E-state index contributed by atoms with van der Waals surface area (Å²) in [5.74, 6) is 1.03. The van der Waals surface area contributed by atoms with Crippen molar-refractivity contribution < 1.29 is 27.1 Å². The van der Waals surface area contributed by atoms with Gasteiger partial charge in [0.2, 0.25) is 0 Å². The SMILES string of the molecule is BrCc1cccc(I)c1.COOSCCc1cccc(C=O)c1.CS(=O)(=O)CCc1cccc(I)c1.[C-]#[O+]. The van der Waals surface area contributed by atoms with Gasteiger partial charge in [0.25, 0.3) is 0 Å². The molecule has 38 heavy (non-hydrogen) atoms. The van der Waals surface area contributed by atoms with E-state index in [1.54, 1.807) is 6.07 Å². The second-order valence-electron chi connectivity index (χ2n) is 7.44. The molecule has 0 aliphatic carbocycles. The fourth-order valence-corrected chi connectivity index (χ4v) is 5.33. The topological polar surface area (TPSA) is 89.6 Å². The van der Waals surface area contributed by atoms with Gasteiger partial charge in [-0.25, -0.2) is 13.3 Å². The van der Waals surface area contributed by atoms with Crippen LogP contribution in [-0.4, -0.2) is 39.6 Å². The van der Waals surface area contributed by atoms with E-state index in [9.17, 15) is 13.2 Å². The first kappa shape index (κ1) is 37.2. The molecule has 0 N–H and O–H groups in total. The van der Waals surface area contributed by atoms with Crippen molar-refractivity contribution in [2.75, 3.05) is 24.9 Å². The number of alkyl halides is 1. The van der Waals surface area contributed by atoms with Gasteiger partial charge in [-0.05, 0) is 105 Å². The van der Waals surface area contributed by atoms with Gasteiger partial charge in [-0.2, -0.15) is 4.33 Å². The minimum absolute atomic E-state index is 0.229. The van der Waals surface area contributed by atoms with Crippen LogP contribution in [0.1, 0.15) is 27.0 Å². The summed E-state index contributed by atoms with van der Waals surface area (Å²) in [6.07, 6.45) is 3.58. The Morgan fingerprint density at radius 1 is 0.921 bits per heavy atom. The van der Waals surface area contributed by atoms with Crippen molar-refractivity contribution in [3.63, 3.8) is 0 Å². The first-order valence-electron chi connectivity index (χ1n) is 11.0. The molecule has 0 aromatic heterocycles. The second kappa shape index (κ2) is 23.0. The molecular weight excluding hydrogens is 818 g/mol. The summed E-state index contributed by atoms with van der Waals surface area (Å²) >= 11 is 9.16. The normalized spacial score (nSPS) is 9.97. The van der Waals surface area contributed by atoms with E-state index >= 15 is 0 Å². The Bertz CT molecular complexity index is 1210. The zero-order valence-corrected chi connectivity index (χ0v) is 28.5. The summed E-state index contributed by atoms with van der Waals surface area (Å²) < 4.78 is 36.4. The van der Waals surface area contributed by atoms with Gasteiger partial charge in [-0.15, -0.1) is 0 Å². The van der Waals surface area contributed by atoms with E-state index in [-0.39, 0.29) is 5.75 Å². The Labute approximate surface area is 265 Å². The Morgan fingerprint density at radius 2 is 1.45 bits per heavy atom. The van der Waals surface area contributed by atoms with Gasteiger partial charge in [0.15, 0.2) is 0 Å². The molecule has 0 bridgehead atoms. The zero-order valence-electron chi connectivity index (χ0n) is 20.9. The summed E-state index contributed by atoms with van der Waals surface area (Å²) in [5.41, 5.74) is 4.25. The van der Waals surface area contributed by atoms with E-state index in [0.717, 1.165) is 38.5 Å². The summed E-state index contributed by atoms with van der Waals surface area (Å²) in [6.45, 7) is 4.50. The third-order valence-electron chi connectivity index (χ3n) is 4.37. The van der Waals surface area contributed by atoms with Crippen LogP contribution >= 0.6 is 73.2 Å². The fraction of sp³-hybridized carbons (Fsp3) is 0.259. The molecule has 0 saturated heterocycles. The molecular formula is C27H29BrI2O6S2. The van der Waals surface area contributed by atoms with E-state index in [1.807, 2.05) is 42.5 Å². The van der Waals surface area contributed by atoms with Gasteiger partial charge in [0, 0.05) is 42.1 Å². The van der Waals surface area contributed by atoms with Crippen molar-refractivity contribution >= 4 is 89.3 Å². The number of aldehydes is 1. The number of sulfone groups is 1. The molecule has 0 aliphatic heterocycles. The molecule has 3 aromatic carbocycles. The van der Waals surface area contributed by atoms with Gasteiger partial charge in [0.1, 0.15) is 16.1 Å². The zero-order chi connectivity index (χ0) is 28.8. The number of benzene rings is 3. The van der Waals surface area contributed by atoms with Gasteiger partial charge >= 0.3 is 11.3 Å². The van der Waals surface area contributed by atoms with E-state index in [0.29, 0.717) is 12.0 Å². The van der Waals surface area contributed by atoms with Gasteiger partial charge in [-0.1, -0.05) is 58.4 Å². The molecule has 0 radical (unpaired) electrons. The van der Waals surface area contributed by atoms with E-state index in [4.69, 9.17) is 4.65 Å². The molecule has 0 fully saturated rings. The first-order valence-corrected chi connectivity index (χ1v) is 17.2. The molecule has 0 amide bonds. The van der Waals surface area contributed by atoms with Crippen molar-refractivity contribution in [1.82, 2.24) is 0 Å². The Morgan fingerprint density at radius 3 is 1.92 bits per heavy atom. The Balaban J connectivity index is 0.000000533. The first-order chi connectivity index (χ1) is 18.2. The van der Waals surface area contributed by atoms with E-state index in [2.05, 4.69) is 101 Å². The van der Waals surface area contributed by atoms with Gasteiger partial charge in [0.05, 0.1) is 12.9 Å². The number of hydrogen-bond acceptors (Lipinski definition) is 6. The summed E-state index contributed by atoms with van der Waals surface area (Å²) in [6, 6.07) is 23.8. The molecule has 0 unspecified atom stereocenters. The Kier molecular flexibility index (Phi) is 22.5. The van der Waals surface area contributed by atoms with Crippen LogP contribution in [0.25, 0.3) is 0 Å². The number of rotatable bonds is 10. The van der Waals surface area contributed by atoms with Crippen LogP contribution in [-0.2, 0) is 41.9 Å². The predicted molar refractivity (Wildman–Crippen MR) is 174 cm³/mol. The number of carbonyl (C=O) groups is 1. The van der Waals surface area contributed by atoms with Crippen LogP contribution in [0.5, 0.6) is 0 Å². The molecule has 0 aliphatic rings. The maximum atomic E-state index is 10.9. The molecule has 0 heterocycles. The van der Waals surface area contributed by atoms with Crippen LogP contribution in [0.3, 0.4) is 0 Å². The van der Waals surface area contributed by atoms with Gasteiger partial charge < -0.3 is 0 Å². The molecule has 0 saturated carbocycles. The second-order valence-corrected chi connectivity index (χ2v) is 13.5. The number of carbonyl (C=O) groups excluding carboxylic acids is 1. The van der Waals surface area contributed by atoms with Crippen molar-refractivity contribution in [3.8, 4) is 0 Å². The maximum absolute atomic E-state index is 10.9. The number of halogens is 3. The monoisotopic (exact) mass is 846 g/mol. The summed E-state index contributed by atoms with van der Waals surface area (Å²) in [5, 5.41) is 0.948. The van der Waals surface area contributed by atoms with E-state index < -0.39 is 9.84 Å². The van der Waals surface area contributed by atoms with Crippen molar-refractivity contribution in [2.24, 2.45) is 0 Å². The quantitative estimate of drug-likeness (QED) is 0.0245. The fourth-order valence-electron chi connectivity index (χ4n) is 2.68. The number of hydrogen-bond donors (Lipinski definition) is 0. The third kappa shape index (κ3) is 20.2. The molecule has 0 atom stereocenters. The molecule has 11 heteroatoms.